The second-order valence-corrected chi connectivity index (χ2v) is 7.49. The van der Waals surface area contributed by atoms with Crippen molar-refractivity contribution in [2.24, 2.45) is 0 Å². The second kappa shape index (κ2) is 8.62. The highest BCUT2D eigenvalue weighted by Gasteiger charge is 2.20. The third-order valence-corrected chi connectivity index (χ3v) is 5.65. The fraction of sp³-hybridized carbons (Fsp3) is 0.350. The summed E-state index contributed by atoms with van der Waals surface area (Å²) < 4.78 is 12.3. The summed E-state index contributed by atoms with van der Waals surface area (Å²) in [5.74, 6) is -0.614. The third-order valence-electron chi connectivity index (χ3n) is 4.58. The van der Waals surface area contributed by atoms with Crippen LogP contribution in [0.2, 0.25) is 0 Å². The van der Waals surface area contributed by atoms with Crippen LogP contribution in [0.5, 0.6) is 0 Å². The zero-order chi connectivity index (χ0) is 20.3. The number of aromatic nitrogens is 1. The smallest absolute Gasteiger partial charge is 0.338 e. The highest BCUT2D eigenvalue weighted by molar-refractivity contribution is 8.00. The predicted octanol–water partition coefficient (Wildman–Crippen LogP) is 2.84. The molecule has 0 fully saturated rings. The van der Waals surface area contributed by atoms with Crippen LogP contribution >= 0.6 is 11.8 Å². The summed E-state index contributed by atoms with van der Waals surface area (Å²) in [7, 11) is 1.63. The first-order valence-corrected chi connectivity index (χ1v) is 9.82. The average Bonchev–Trinajstić information content (AvgIpc) is 2.97. The van der Waals surface area contributed by atoms with Gasteiger partial charge in [-0.2, -0.15) is 0 Å². The van der Waals surface area contributed by atoms with Crippen molar-refractivity contribution in [3.05, 3.63) is 46.8 Å². The van der Waals surface area contributed by atoms with E-state index in [-0.39, 0.29) is 18.3 Å². The average molecular weight is 402 g/mol. The second-order valence-electron chi connectivity index (χ2n) is 6.48. The number of methoxy groups -OCH3 is 1. The Morgan fingerprint density at radius 2 is 2.04 bits per heavy atom. The number of ketones is 1. The van der Waals surface area contributed by atoms with E-state index in [9.17, 15) is 14.4 Å². The number of thioether (sulfide) groups is 1. The molecular weight excluding hydrogens is 380 g/mol. The van der Waals surface area contributed by atoms with Crippen LogP contribution in [0.25, 0.3) is 0 Å². The van der Waals surface area contributed by atoms with Gasteiger partial charge >= 0.3 is 5.97 Å². The Bertz CT molecular complexity index is 935. The maximum Gasteiger partial charge on any atom is 0.338 e. The van der Waals surface area contributed by atoms with Crippen molar-refractivity contribution in [3.8, 4) is 0 Å². The van der Waals surface area contributed by atoms with Crippen molar-refractivity contribution in [2.45, 2.75) is 25.3 Å². The molecular formula is C20H22N2O5S. The lowest BCUT2D eigenvalue weighted by Crippen LogP contribution is -2.19. The van der Waals surface area contributed by atoms with Crippen LogP contribution in [-0.4, -0.2) is 48.3 Å². The topological polar surface area (TPSA) is 86.6 Å². The Morgan fingerprint density at radius 3 is 2.79 bits per heavy atom. The summed E-state index contributed by atoms with van der Waals surface area (Å²) in [4.78, 5) is 37.3. The minimum Gasteiger partial charge on any atom is -0.454 e. The SMILES string of the molecule is COCCn1c(C)cc(C(=O)COC(=O)c2ccc3c(c2)NC(=O)CS3)c1C. The molecule has 1 amide bonds. The minimum atomic E-state index is -0.603. The van der Waals surface area contributed by atoms with Crippen LogP contribution in [0.3, 0.4) is 0 Å². The molecule has 0 unspecified atom stereocenters. The minimum absolute atomic E-state index is 0.109. The van der Waals surface area contributed by atoms with Crippen molar-refractivity contribution >= 4 is 35.1 Å². The Kier molecular flexibility index (Phi) is 6.21. The predicted molar refractivity (Wildman–Crippen MR) is 106 cm³/mol. The van der Waals surface area contributed by atoms with E-state index < -0.39 is 5.97 Å². The number of ether oxygens (including phenoxy) is 2. The quantitative estimate of drug-likeness (QED) is 0.566. The van der Waals surface area contributed by atoms with Gasteiger partial charge in [0.1, 0.15) is 0 Å². The van der Waals surface area contributed by atoms with Gasteiger partial charge in [0.05, 0.1) is 23.6 Å². The van der Waals surface area contributed by atoms with Gasteiger partial charge in [-0.1, -0.05) is 0 Å². The van der Waals surface area contributed by atoms with E-state index in [4.69, 9.17) is 9.47 Å². The molecule has 0 bridgehead atoms. The van der Waals surface area contributed by atoms with Crippen LogP contribution in [-0.2, 0) is 20.8 Å². The molecule has 0 aliphatic carbocycles. The number of hydrogen-bond acceptors (Lipinski definition) is 6. The normalized spacial score (nSPS) is 13.0. The maximum atomic E-state index is 12.5. The molecule has 1 N–H and O–H groups in total. The molecule has 0 atom stereocenters. The summed E-state index contributed by atoms with van der Waals surface area (Å²) in [6.45, 7) is 4.64. The summed E-state index contributed by atoms with van der Waals surface area (Å²) >= 11 is 1.41. The number of esters is 1. The van der Waals surface area contributed by atoms with Gasteiger partial charge in [0, 0.05) is 35.5 Å². The number of nitrogens with one attached hydrogen (secondary N) is 1. The highest BCUT2D eigenvalue weighted by Crippen LogP contribution is 2.32. The van der Waals surface area contributed by atoms with Gasteiger partial charge in [0.2, 0.25) is 11.7 Å². The summed E-state index contributed by atoms with van der Waals surface area (Å²) in [6.07, 6.45) is 0. The van der Waals surface area contributed by atoms with E-state index in [1.54, 1.807) is 31.4 Å². The molecule has 0 saturated carbocycles. The van der Waals surface area contributed by atoms with Gasteiger partial charge in [-0.05, 0) is 38.1 Å². The number of anilines is 1. The summed E-state index contributed by atoms with van der Waals surface area (Å²) in [5.41, 5.74) is 3.19. The molecule has 2 heterocycles. The zero-order valence-electron chi connectivity index (χ0n) is 16.0. The Hall–Kier alpha value is -2.58. The highest BCUT2D eigenvalue weighted by atomic mass is 32.2. The number of Topliss-reactive ketones (excluding diaryl/α,β-unsaturated/α-hetero) is 1. The lowest BCUT2D eigenvalue weighted by Gasteiger charge is -2.16. The molecule has 1 aromatic carbocycles. The molecule has 1 aliphatic rings. The molecule has 8 heteroatoms. The summed E-state index contributed by atoms with van der Waals surface area (Å²) in [6, 6.07) is 6.77. The first-order valence-electron chi connectivity index (χ1n) is 8.83. The fourth-order valence-electron chi connectivity index (χ4n) is 3.11. The van der Waals surface area contributed by atoms with E-state index >= 15 is 0 Å². The number of carbonyl (C=O) groups excluding carboxylic acids is 3. The van der Waals surface area contributed by atoms with Gasteiger partial charge in [-0.25, -0.2) is 4.79 Å². The van der Waals surface area contributed by atoms with Crippen LogP contribution in [0, 0.1) is 13.8 Å². The number of aryl methyl sites for hydroxylation is 1. The first kappa shape index (κ1) is 20.2. The molecule has 1 aliphatic heterocycles. The standard InChI is InChI=1S/C20H22N2O5S/c1-12-8-15(13(2)22(12)6-7-26-3)17(23)10-27-20(25)14-4-5-18-16(9-14)21-19(24)11-28-18/h4-5,8-9H,6-7,10-11H2,1-3H3,(H,21,24). The number of rotatable bonds is 7. The van der Waals surface area contributed by atoms with Crippen molar-refractivity contribution in [3.63, 3.8) is 0 Å². The molecule has 3 rings (SSSR count). The van der Waals surface area contributed by atoms with E-state index in [2.05, 4.69) is 5.32 Å². The summed E-state index contributed by atoms with van der Waals surface area (Å²) in [5, 5.41) is 2.73. The lowest BCUT2D eigenvalue weighted by molar-refractivity contribution is -0.113. The number of nitrogens with zero attached hydrogens (tertiary/aromatic N) is 1. The van der Waals surface area contributed by atoms with Gasteiger partial charge in [-0.3, -0.25) is 9.59 Å². The monoisotopic (exact) mass is 402 g/mol. The molecule has 1 aromatic heterocycles. The van der Waals surface area contributed by atoms with E-state index in [1.165, 1.54) is 11.8 Å². The lowest BCUT2D eigenvalue weighted by atomic mass is 10.1. The molecule has 0 saturated heterocycles. The van der Waals surface area contributed by atoms with E-state index in [0.29, 0.717) is 35.7 Å². The van der Waals surface area contributed by atoms with Crippen LogP contribution in [0.15, 0.2) is 29.2 Å². The molecule has 7 nitrogen and oxygen atoms in total. The number of carbonyl (C=O) groups is 3. The number of amides is 1. The zero-order valence-corrected chi connectivity index (χ0v) is 16.9. The van der Waals surface area contributed by atoms with E-state index in [0.717, 1.165) is 16.3 Å². The van der Waals surface area contributed by atoms with Gasteiger partial charge < -0.3 is 19.4 Å². The molecule has 148 valence electrons. The third kappa shape index (κ3) is 4.28. The van der Waals surface area contributed by atoms with Crippen molar-refractivity contribution in [1.29, 1.82) is 0 Å². The first-order chi connectivity index (χ1) is 13.4. The van der Waals surface area contributed by atoms with Crippen molar-refractivity contribution in [1.82, 2.24) is 4.57 Å². The van der Waals surface area contributed by atoms with Crippen molar-refractivity contribution < 1.29 is 23.9 Å². The Morgan fingerprint density at radius 1 is 1.25 bits per heavy atom. The number of hydrogen-bond donors (Lipinski definition) is 1. The van der Waals surface area contributed by atoms with Gasteiger partial charge in [-0.15, -0.1) is 11.8 Å². The molecule has 0 radical (unpaired) electrons. The van der Waals surface area contributed by atoms with Crippen LogP contribution < -0.4 is 5.32 Å². The van der Waals surface area contributed by atoms with Crippen LogP contribution in [0.1, 0.15) is 32.1 Å². The molecule has 28 heavy (non-hydrogen) atoms. The van der Waals surface area contributed by atoms with Crippen molar-refractivity contribution in [2.75, 3.05) is 31.4 Å². The van der Waals surface area contributed by atoms with Crippen LogP contribution in [0.4, 0.5) is 5.69 Å². The Balaban J connectivity index is 1.66. The van der Waals surface area contributed by atoms with Gasteiger partial charge in [0.15, 0.2) is 6.61 Å². The number of benzene rings is 1. The fourth-order valence-corrected chi connectivity index (χ4v) is 3.90. The Labute approximate surface area is 167 Å². The maximum absolute atomic E-state index is 12.5. The van der Waals surface area contributed by atoms with E-state index in [1.807, 2.05) is 18.4 Å². The molecule has 2 aromatic rings. The largest absolute Gasteiger partial charge is 0.454 e. The molecule has 0 spiro atoms. The number of fused-ring (bicyclic) bond motifs is 1. The van der Waals surface area contributed by atoms with Gasteiger partial charge in [0.25, 0.3) is 0 Å².